The lowest BCUT2D eigenvalue weighted by Crippen LogP contribution is -2.41. The number of benzene rings is 2. The number of aliphatic imine (C=N–C) groups is 1. The molecule has 7 heteroatoms. The van der Waals surface area contributed by atoms with E-state index < -0.39 is 0 Å². The maximum atomic E-state index is 12.1. The van der Waals surface area contributed by atoms with E-state index in [1.54, 1.807) is 31.4 Å². The number of nitrogens with one attached hydrogen (secondary N) is 3. The standard InChI is InChI=1S/C20H25ClN4O2/c1-3-22-20(25-14-15-5-4-6-17(21)13-15)24-12-11-23-19(26)16-7-9-18(27-2)10-8-16/h4-10,13H,3,11-12,14H2,1-2H3,(H,23,26)(H2,22,24,25). The van der Waals surface area contributed by atoms with Gasteiger partial charge in [-0.25, -0.2) is 4.99 Å². The van der Waals surface area contributed by atoms with Crippen molar-refractivity contribution in [3.05, 3.63) is 64.7 Å². The fraction of sp³-hybridized carbons (Fsp3) is 0.300. The molecule has 2 aromatic rings. The normalized spacial score (nSPS) is 11.0. The Labute approximate surface area is 165 Å². The Morgan fingerprint density at radius 2 is 1.81 bits per heavy atom. The molecule has 0 atom stereocenters. The first-order chi connectivity index (χ1) is 13.1. The van der Waals surface area contributed by atoms with Crippen LogP contribution in [0, 0.1) is 0 Å². The van der Waals surface area contributed by atoms with E-state index in [1.165, 1.54) is 0 Å². The molecule has 0 saturated carbocycles. The Morgan fingerprint density at radius 3 is 2.48 bits per heavy atom. The van der Waals surface area contributed by atoms with Crippen molar-refractivity contribution in [2.75, 3.05) is 26.7 Å². The minimum absolute atomic E-state index is 0.125. The van der Waals surface area contributed by atoms with Gasteiger partial charge in [0, 0.05) is 30.2 Å². The van der Waals surface area contributed by atoms with Gasteiger partial charge in [0.25, 0.3) is 5.91 Å². The number of ether oxygens (including phenoxy) is 1. The zero-order chi connectivity index (χ0) is 19.5. The zero-order valence-electron chi connectivity index (χ0n) is 15.6. The molecule has 0 aromatic heterocycles. The third-order valence-electron chi connectivity index (χ3n) is 3.71. The fourth-order valence-corrected chi connectivity index (χ4v) is 2.56. The summed E-state index contributed by atoms with van der Waals surface area (Å²) in [5.41, 5.74) is 1.63. The van der Waals surface area contributed by atoms with E-state index in [1.807, 2.05) is 31.2 Å². The minimum Gasteiger partial charge on any atom is -0.497 e. The molecule has 144 valence electrons. The Morgan fingerprint density at radius 1 is 1.07 bits per heavy atom. The first kappa shape index (κ1) is 20.6. The average molecular weight is 389 g/mol. The number of carbonyl (C=O) groups is 1. The molecule has 0 radical (unpaired) electrons. The van der Waals surface area contributed by atoms with Gasteiger partial charge in [0.1, 0.15) is 5.75 Å². The van der Waals surface area contributed by atoms with Gasteiger partial charge in [-0.2, -0.15) is 0 Å². The summed E-state index contributed by atoms with van der Waals surface area (Å²) in [6.45, 7) is 4.31. The molecule has 0 aliphatic rings. The lowest BCUT2D eigenvalue weighted by Gasteiger charge is -2.12. The van der Waals surface area contributed by atoms with Gasteiger partial charge in [0.2, 0.25) is 0 Å². The number of hydrogen-bond acceptors (Lipinski definition) is 3. The number of nitrogens with zero attached hydrogens (tertiary/aromatic N) is 1. The molecule has 6 nitrogen and oxygen atoms in total. The first-order valence-corrected chi connectivity index (χ1v) is 9.19. The van der Waals surface area contributed by atoms with Crippen molar-refractivity contribution in [1.29, 1.82) is 0 Å². The second kappa shape index (κ2) is 11.1. The summed E-state index contributed by atoms with van der Waals surface area (Å²) in [7, 11) is 1.59. The molecule has 0 saturated heterocycles. The molecule has 0 bridgehead atoms. The van der Waals surface area contributed by atoms with Crippen molar-refractivity contribution in [1.82, 2.24) is 16.0 Å². The second-order valence-electron chi connectivity index (χ2n) is 5.74. The van der Waals surface area contributed by atoms with Crippen molar-refractivity contribution in [3.63, 3.8) is 0 Å². The van der Waals surface area contributed by atoms with Crippen molar-refractivity contribution >= 4 is 23.5 Å². The van der Waals surface area contributed by atoms with Crippen LogP contribution < -0.4 is 20.7 Å². The van der Waals surface area contributed by atoms with Gasteiger partial charge in [-0.1, -0.05) is 23.7 Å². The Kier molecular flexibility index (Phi) is 8.45. The quantitative estimate of drug-likeness (QED) is 0.369. The molecule has 3 N–H and O–H groups in total. The van der Waals surface area contributed by atoms with Gasteiger partial charge in [-0.05, 0) is 48.9 Å². The molecule has 27 heavy (non-hydrogen) atoms. The van der Waals surface area contributed by atoms with E-state index in [9.17, 15) is 4.79 Å². The molecule has 2 aromatic carbocycles. The lowest BCUT2D eigenvalue weighted by atomic mass is 10.2. The summed E-state index contributed by atoms with van der Waals surface area (Å²) in [6, 6.07) is 14.6. The minimum atomic E-state index is -0.125. The van der Waals surface area contributed by atoms with E-state index >= 15 is 0 Å². The number of hydrogen-bond donors (Lipinski definition) is 3. The zero-order valence-corrected chi connectivity index (χ0v) is 16.3. The van der Waals surface area contributed by atoms with Gasteiger partial charge >= 0.3 is 0 Å². The predicted octanol–water partition coefficient (Wildman–Crippen LogP) is 2.83. The van der Waals surface area contributed by atoms with E-state index in [0.29, 0.717) is 36.2 Å². The molecule has 0 aliphatic heterocycles. The molecule has 0 spiro atoms. The Bertz CT molecular complexity index is 763. The molecule has 0 aliphatic carbocycles. The largest absolute Gasteiger partial charge is 0.497 e. The van der Waals surface area contributed by atoms with Crippen LogP contribution in [-0.4, -0.2) is 38.6 Å². The van der Waals surface area contributed by atoms with Crippen LogP contribution in [-0.2, 0) is 6.54 Å². The molecule has 0 unspecified atom stereocenters. The van der Waals surface area contributed by atoms with Crippen LogP contribution in [0.2, 0.25) is 5.02 Å². The number of amides is 1. The summed E-state index contributed by atoms with van der Waals surface area (Å²) in [4.78, 5) is 16.6. The van der Waals surface area contributed by atoms with Crippen molar-refractivity contribution in [2.45, 2.75) is 13.5 Å². The Hall–Kier alpha value is -2.73. The number of halogens is 1. The Balaban J connectivity index is 1.79. The molecule has 0 fully saturated rings. The molecule has 1 amide bonds. The first-order valence-electron chi connectivity index (χ1n) is 8.81. The number of guanidine groups is 1. The topological polar surface area (TPSA) is 74.8 Å². The number of rotatable bonds is 8. The summed E-state index contributed by atoms with van der Waals surface area (Å²) >= 11 is 5.99. The highest BCUT2D eigenvalue weighted by Crippen LogP contribution is 2.12. The third-order valence-corrected chi connectivity index (χ3v) is 3.94. The molecular weight excluding hydrogens is 364 g/mol. The summed E-state index contributed by atoms with van der Waals surface area (Å²) in [5.74, 6) is 1.29. The van der Waals surface area contributed by atoms with E-state index in [4.69, 9.17) is 16.3 Å². The lowest BCUT2D eigenvalue weighted by molar-refractivity contribution is 0.0954. The van der Waals surface area contributed by atoms with Crippen LogP contribution in [0.5, 0.6) is 5.75 Å². The van der Waals surface area contributed by atoms with Crippen molar-refractivity contribution < 1.29 is 9.53 Å². The van der Waals surface area contributed by atoms with Gasteiger partial charge in [-0.15, -0.1) is 0 Å². The SMILES string of the molecule is CCNC(=NCc1cccc(Cl)c1)NCCNC(=O)c1ccc(OC)cc1. The monoisotopic (exact) mass is 388 g/mol. The average Bonchev–Trinajstić information content (AvgIpc) is 2.69. The van der Waals surface area contributed by atoms with Gasteiger partial charge in [0.15, 0.2) is 5.96 Å². The maximum Gasteiger partial charge on any atom is 0.251 e. The van der Waals surface area contributed by atoms with Crippen LogP contribution in [0.15, 0.2) is 53.5 Å². The van der Waals surface area contributed by atoms with Crippen LogP contribution in [0.1, 0.15) is 22.8 Å². The van der Waals surface area contributed by atoms with Crippen LogP contribution in [0.25, 0.3) is 0 Å². The summed E-state index contributed by atoms with van der Waals surface area (Å²) < 4.78 is 5.09. The van der Waals surface area contributed by atoms with Gasteiger partial charge < -0.3 is 20.7 Å². The summed E-state index contributed by atoms with van der Waals surface area (Å²) in [6.07, 6.45) is 0. The van der Waals surface area contributed by atoms with Gasteiger partial charge in [0.05, 0.1) is 13.7 Å². The summed E-state index contributed by atoms with van der Waals surface area (Å²) in [5, 5.41) is 9.95. The van der Waals surface area contributed by atoms with Crippen LogP contribution in [0.3, 0.4) is 0 Å². The molecular formula is C20H25ClN4O2. The predicted molar refractivity (Wildman–Crippen MR) is 110 cm³/mol. The number of methoxy groups -OCH3 is 1. The van der Waals surface area contributed by atoms with E-state index in [0.717, 1.165) is 17.9 Å². The fourth-order valence-electron chi connectivity index (χ4n) is 2.35. The third kappa shape index (κ3) is 7.19. The second-order valence-corrected chi connectivity index (χ2v) is 6.17. The van der Waals surface area contributed by atoms with Crippen LogP contribution in [0.4, 0.5) is 0 Å². The highest BCUT2D eigenvalue weighted by Gasteiger charge is 2.05. The van der Waals surface area contributed by atoms with E-state index in [2.05, 4.69) is 20.9 Å². The molecule has 0 heterocycles. The highest BCUT2D eigenvalue weighted by molar-refractivity contribution is 6.30. The van der Waals surface area contributed by atoms with E-state index in [-0.39, 0.29) is 5.91 Å². The van der Waals surface area contributed by atoms with Crippen molar-refractivity contribution in [3.8, 4) is 5.75 Å². The molecule has 2 rings (SSSR count). The van der Waals surface area contributed by atoms with Gasteiger partial charge in [-0.3, -0.25) is 4.79 Å². The number of carbonyl (C=O) groups excluding carboxylic acids is 1. The van der Waals surface area contributed by atoms with Crippen molar-refractivity contribution in [2.24, 2.45) is 4.99 Å². The van der Waals surface area contributed by atoms with Crippen LogP contribution >= 0.6 is 11.6 Å². The smallest absolute Gasteiger partial charge is 0.251 e. The maximum absolute atomic E-state index is 12.1. The highest BCUT2D eigenvalue weighted by atomic mass is 35.5.